The van der Waals surface area contributed by atoms with Gasteiger partial charge in [0.05, 0.1) is 30.3 Å². The highest BCUT2D eigenvalue weighted by Crippen LogP contribution is 2.28. The first-order valence-electron chi connectivity index (χ1n) is 10.8. The molecule has 8 heteroatoms. The Bertz CT molecular complexity index is 1240. The Kier molecular flexibility index (Phi) is 6.76. The summed E-state index contributed by atoms with van der Waals surface area (Å²) in [6, 6.07) is 15.4. The molecule has 0 spiro atoms. The normalized spacial score (nSPS) is 14.4. The van der Waals surface area contributed by atoms with Gasteiger partial charge in [-0.05, 0) is 68.4 Å². The first kappa shape index (κ1) is 23.3. The number of hydrogen-bond donors (Lipinski definition) is 2. The highest BCUT2D eigenvalue weighted by Gasteiger charge is 2.26. The monoisotopic (exact) mass is 468 g/mol. The Balaban J connectivity index is 1.72. The lowest BCUT2D eigenvalue weighted by atomic mass is 10.1. The molecule has 2 N–H and O–H groups in total. The van der Waals surface area contributed by atoms with Gasteiger partial charge in [-0.1, -0.05) is 30.7 Å². The molecule has 33 heavy (non-hydrogen) atoms. The summed E-state index contributed by atoms with van der Waals surface area (Å²) in [5.74, 6) is -0.324. The van der Waals surface area contributed by atoms with Crippen LogP contribution in [0, 0.1) is 5.82 Å². The number of aromatic nitrogens is 3. The molecule has 0 saturated heterocycles. The van der Waals surface area contributed by atoms with E-state index in [0.717, 1.165) is 16.7 Å². The fourth-order valence-electron chi connectivity index (χ4n) is 3.67. The molecular formula is C25H26ClFN4O2. The Morgan fingerprint density at radius 2 is 1.88 bits per heavy atom. The fraction of sp³-hybridized carbons (Fsp3) is 0.280. The minimum atomic E-state index is -1.36. The Morgan fingerprint density at radius 1 is 1.18 bits per heavy atom. The molecule has 2 unspecified atom stereocenters. The largest absolute Gasteiger partial charge is 0.370 e. The summed E-state index contributed by atoms with van der Waals surface area (Å²) in [7, 11) is 0. The van der Waals surface area contributed by atoms with Crippen LogP contribution in [0.2, 0.25) is 5.02 Å². The number of aliphatic hydroxyl groups is 1. The van der Waals surface area contributed by atoms with Crippen molar-refractivity contribution in [1.29, 1.82) is 0 Å². The third kappa shape index (κ3) is 5.07. The van der Waals surface area contributed by atoms with Crippen LogP contribution in [-0.2, 0) is 17.1 Å². The summed E-state index contributed by atoms with van der Waals surface area (Å²) in [4.78, 5) is 4.71. The molecule has 172 valence electrons. The van der Waals surface area contributed by atoms with Crippen LogP contribution in [0.15, 0.2) is 60.8 Å². The van der Waals surface area contributed by atoms with E-state index in [4.69, 9.17) is 21.3 Å². The van der Waals surface area contributed by atoms with Gasteiger partial charge in [0.15, 0.2) is 11.4 Å². The first-order valence-corrected chi connectivity index (χ1v) is 11.1. The predicted octanol–water partition coefficient (Wildman–Crippen LogP) is 5.24. The summed E-state index contributed by atoms with van der Waals surface area (Å²) in [6.45, 7) is 6.35. The van der Waals surface area contributed by atoms with E-state index in [-0.39, 0.29) is 18.5 Å². The smallest absolute Gasteiger partial charge is 0.161 e. The molecule has 4 rings (SSSR count). The van der Waals surface area contributed by atoms with E-state index in [2.05, 4.69) is 10.4 Å². The van der Waals surface area contributed by atoms with E-state index in [9.17, 15) is 9.50 Å². The third-order valence-corrected chi connectivity index (χ3v) is 5.78. The van der Waals surface area contributed by atoms with Crippen molar-refractivity contribution in [3.05, 3.63) is 88.5 Å². The van der Waals surface area contributed by atoms with E-state index in [0.29, 0.717) is 28.6 Å². The molecular weight excluding hydrogens is 443 g/mol. The molecule has 6 nitrogen and oxygen atoms in total. The van der Waals surface area contributed by atoms with E-state index >= 15 is 0 Å². The number of benzene rings is 2. The molecule has 0 bridgehead atoms. The zero-order chi connectivity index (χ0) is 23.6. The van der Waals surface area contributed by atoms with Crippen LogP contribution in [0.3, 0.4) is 0 Å². The minimum absolute atomic E-state index is 0.165. The zero-order valence-corrected chi connectivity index (χ0v) is 19.5. The number of rotatable bonds is 8. The molecule has 0 saturated carbocycles. The Labute approximate surface area is 197 Å². The van der Waals surface area contributed by atoms with Gasteiger partial charge in [0.2, 0.25) is 0 Å². The number of halogens is 2. The SMILES string of the molecule is CCNC(C)(O)c1cc(-c2ccc(F)cc2)n2ncc(COC(C)c3ccc(Cl)cc3)c2n1. The number of ether oxygens (including phenoxy) is 1. The first-order chi connectivity index (χ1) is 15.8. The minimum Gasteiger partial charge on any atom is -0.370 e. The molecule has 0 aliphatic rings. The van der Waals surface area contributed by atoms with Crippen molar-refractivity contribution >= 4 is 17.2 Å². The van der Waals surface area contributed by atoms with Gasteiger partial charge in [-0.2, -0.15) is 5.10 Å². The molecule has 2 aromatic carbocycles. The maximum absolute atomic E-state index is 13.5. The van der Waals surface area contributed by atoms with Crippen molar-refractivity contribution < 1.29 is 14.2 Å². The molecule has 0 aliphatic heterocycles. The highest BCUT2D eigenvalue weighted by atomic mass is 35.5. The topological polar surface area (TPSA) is 71.7 Å². The van der Waals surface area contributed by atoms with Crippen LogP contribution in [0.4, 0.5) is 4.39 Å². The molecule has 0 amide bonds. The quantitative estimate of drug-likeness (QED) is 0.346. The third-order valence-electron chi connectivity index (χ3n) is 5.53. The summed E-state index contributed by atoms with van der Waals surface area (Å²) < 4.78 is 21.3. The number of fused-ring (bicyclic) bond motifs is 1. The maximum Gasteiger partial charge on any atom is 0.161 e. The summed E-state index contributed by atoms with van der Waals surface area (Å²) in [5, 5.41) is 19.2. The lowest BCUT2D eigenvalue weighted by molar-refractivity contribution is 0.0176. The number of nitrogens with zero attached hydrogens (tertiary/aromatic N) is 3. The van der Waals surface area contributed by atoms with E-state index in [1.807, 2.05) is 38.1 Å². The van der Waals surface area contributed by atoms with Crippen LogP contribution < -0.4 is 5.32 Å². The summed E-state index contributed by atoms with van der Waals surface area (Å²) >= 11 is 5.98. The molecule has 0 aliphatic carbocycles. The maximum atomic E-state index is 13.5. The van der Waals surface area contributed by atoms with E-state index in [1.165, 1.54) is 12.1 Å². The second-order valence-electron chi connectivity index (χ2n) is 8.05. The van der Waals surface area contributed by atoms with Crippen LogP contribution >= 0.6 is 11.6 Å². The van der Waals surface area contributed by atoms with Crippen molar-refractivity contribution in [2.75, 3.05) is 6.54 Å². The summed E-state index contributed by atoms with van der Waals surface area (Å²) in [6.07, 6.45) is 1.54. The van der Waals surface area contributed by atoms with Crippen LogP contribution in [-0.4, -0.2) is 26.2 Å². The van der Waals surface area contributed by atoms with Crippen molar-refractivity contribution in [1.82, 2.24) is 19.9 Å². The standard InChI is InChI=1S/C25H26ClFN4O2/c1-4-28-25(3,32)23-13-22(18-7-11-21(27)12-8-18)31-24(30-23)19(14-29-31)15-33-16(2)17-5-9-20(26)10-6-17/h5-14,16,28,32H,4,15H2,1-3H3. The molecule has 2 atom stereocenters. The van der Waals surface area contributed by atoms with Gasteiger partial charge in [-0.15, -0.1) is 0 Å². The van der Waals surface area contributed by atoms with Crippen molar-refractivity contribution in [2.24, 2.45) is 0 Å². The average Bonchev–Trinajstić information content (AvgIpc) is 3.21. The van der Waals surface area contributed by atoms with Gasteiger partial charge < -0.3 is 9.84 Å². The Hall–Kier alpha value is -2.84. The second-order valence-corrected chi connectivity index (χ2v) is 8.48. The van der Waals surface area contributed by atoms with Gasteiger partial charge in [0, 0.05) is 16.1 Å². The van der Waals surface area contributed by atoms with Gasteiger partial charge in [-0.25, -0.2) is 13.9 Å². The van der Waals surface area contributed by atoms with Crippen molar-refractivity contribution in [2.45, 2.75) is 39.2 Å². The van der Waals surface area contributed by atoms with Gasteiger partial charge in [0.1, 0.15) is 5.82 Å². The van der Waals surface area contributed by atoms with Crippen LogP contribution in [0.25, 0.3) is 16.9 Å². The second kappa shape index (κ2) is 9.57. The molecule has 2 aromatic heterocycles. The molecule has 4 aromatic rings. The molecule has 2 heterocycles. The van der Waals surface area contributed by atoms with Gasteiger partial charge in [0.25, 0.3) is 0 Å². The molecule has 0 fully saturated rings. The predicted molar refractivity (Wildman–Crippen MR) is 126 cm³/mol. The lowest BCUT2D eigenvalue weighted by Gasteiger charge is -2.24. The van der Waals surface area contributed by atoms with E-state index in [1.54, 1.807) is 35.8 Å². The zero-order valence-electron chi connectivity index (χ0n) is 18.7. The Morgan fingerprint density at radius 3 is 2.55 bits per heavy atom. The van der Waals surface area contributed by atoms with Gasteiger partial charge in [-0.3, -0.25) is 5.32 Å². The lowest BCUT2D eigenvalue weighted by Crippen LogP contribution is -2.40. The van der Waals surface area contributed by atoms with Crippen molar-refractivity contribution in [3.8, 4) is 11.3 Å². The fourth-order valence-corrected chi connectivity index (χ4v) is 3.79. The average molecular weight is 469 g/mol. The van der Waals surface area contributed by atoms with E-state index < -0.39 is 5.72 Å². The number of nitrogens with one attached hydrogen (secondary N) is 1. The molecule has 0 radical (unpaired) electrons. The highest BCUT2D eigenvalue weighted by molar-refractivity contribution is 6.30. The van der Waals surface area contributed by atoms with Gasteiger partial charge >= 0.3 is 0 Å². The van der Waals surface area contributed by atoms with Crippen LogP contribution in [0.5, 0.6) is 0 Å². The van der Waals surface area contributed by atoms with Crippen molar-refractivity contribution in [3.63, 3.8) is 0 Å². The van der Waals surface area contributed by atoms with Crippen LogP contribution in [0.1, 0.15) is 43.7 Å². The number of hydrogen-bond acceptors (Lipinski definition) is 5. The summed E-state index contributed by atoms with van der Waals surface area (Å²) in [5.41, 5.74) is 2.86.